The topological polar surface area (TPSA) is 67.3 Å². The minimum atomic E-state index is -2.99. The Morgan fingerprint density at radius 1 is 1.42 bits per heavy atom. The summed E-state index contributed by atoms with van der Waals surface area (Å²) in [6.45, 7) is 0. The van der Waals surface area contributed by atoms with Gasteiger partial charge in [0.1, 0.15) is 9.84 Å². The summed E-state index contributed by atoms with van der Waals surface area (Å²) >= 11 is 0. The SMILES string of the molecule is CS(=O)(=O)C1CCCC(C(O)Cc2ccccn2)C1. The minimum absolute atomic E-state index is 0.0653. The summed E-state index contributed by atoms with van der Waals surface area (Å²) in [5.74, 6) is 0.0653. The van der Waals surface area contributed by atoms with Gasteiger partial charge in [0.05, 0.1) is 11.4 Å². The van der Waals surface area contributed by atoms with Gasteiger partial charge in [-0.1, -0.05) is 12.5 Å². The summed E-state index contributed by atoms with van der Waals surface area (Å²) in [6, 6.07) is 5.63. The van der Waals surface area contributed by atoms with Crippen LogP contribution >= 0.6 is 0 Å². The predicted octanol–water partition coefficient (Wildman–Crippen LogP) is 1.59. The summed E-state index contributed by atoms with van der Waals surface area (Å²) in [5, 5.41) is 9.99. The summed E-state index contributed by atoms with van der Waals surface area (Å²) in [6.07, 6.45) is 6.09. The molecule has 19 heavy (non-hydrogen) atoms. The van der Waals surface area contributed by atoms with E-state index in [2.05, 4.69) is 4.98 Å². The molecule has 0 spiro atoms. The number of hydrogen-bond donors (Lipinski definition) is 1. The molecule has 106 valence electrons. The molecule has 1 heterocycles. The third-order valence-corrected chi connectivity index (χ3v) is 5.60. The van der Waals surface area contributed by atoms with Crippen molar-refractivity contribution in [1.82, 2.24) is 4.98 Å². The number of hydrogen-bond acceptors (Lipinski definition) is 4. The van der Waals surface area contributed by atoms with Crippen LogP contribution in [0.1, 0.15) is 31.4 Å². The van der Waals surface area contributed by atoms with Crippen molar-refractivity contribution < 1.29 is 13.5 Å². The molecule has 0 bridgehead atoms. The van der Waals surface area contributed by atoms with Gasteiger partial charge in [0, 0.05) is 24.6 Å². The molecule has 3 atom stereocenters. The molecular formula is C14H21NO3S. The van der Waals surface area contributed by atoms with Crippen molar-refractivity contribution >= 4 is 9.84 Å². The molecule has 0 aromatic carbocycles. The van der Waals surface area contributed by atoms with E-state index in [1.807, 2.05) is 18.2 Å². The molecule has 4 nitrogen and oxygen atoms in total. The lowest BCUT2D eigenvalue weighted by Gasteiger charge is -2.31. The van der Waals surface area contributed by atoms with Gasteiger partial charge in [0.25, 0.3) is 0 Å². The zero-order chi connectivity index (χ0) is 13.9. The summed E-state index contributed by atoms with van der Waals surface area (Å²) in [4.78, 5) is 4.20. The van der Waals surface area contributed by atoms with Crippen LogP contribution in [-0.2, 0) is 16.3 Å². The molecule has 5 heteroatoms. The lowest BCUT2D eigenvalue weighted by molar-refractivity contribution is 0.0851. The van der Waals surface area contributed by atoms with Gasteiger partial charge >= 0.3 is 0 Å². The highest BCUT2D eigenvalue weighted by Gasteiger charge is 2.32. The largest absolute Gasteiger partial charge is 0.392 e. The Kier molecular flexibility index (Phi) is 4.58. The molecule has 0 saturated heterocycles. The average molecular weight is 283 g/mol. The highest BCUT2D eigenvalue weighted by molar-refractivity contribution is 7.91. The molecule has 0 radical (unpaired) electrons. The van der Waals surface area contributed by atoms with Crippen molar-refractivity contribution in [2.24, 2.45) is 5.92 Å². The number of aromatic nitrogens is 1. The number of sulfone groups is 1. The molecule has 2 rings (SSSR count). The molecule has 1 saturated carbocycles. The standard InChI is InChI=1S/C14H21NO3S/c1-19(17,18)13-7-4-5-11(9-13)14(16)10-12-6-2-3-8-15-12/h2-3,6,8,11,13-14,16H,4-5,7,9-10H2,1H3. The Hall–Kier alpha value is -0.940. The van der Waals surface area contributed by atoms with Crippen LogP contribution < -0.4 is 0 Å². The maximum atomic E-state index is 11.6. The zero-order valence-electron chi connectivity index (χ0n) is 11.2. The predicted molar refractivity (Wildman–Crippen MR) is 74.5 cm³/mol. The average Bonchev–Trinajstić information content (AvgIpc) is 2.39. The normalized spacial score (nSPS) is 26.0. The quantitative estimate of drug-likeness (QED) is 0.911. The number of aliphatic hydroxyl groups excluding tert-OH is 1. The lowest BCUT2D eigenvalue weighted by atomic mass is 9.83. The van der Waals surface area contributed by atoms with Gasteiger partial charge in [-0.05, 0) is 37.3 Å². The molecule has 1 aliphatic rings. The molecule has 1 N–H and O–H groups in total. The van der Waals surface area contributed by atoms with Crippen LogP contribution in [0.25, 0.3) is 0 Å². The molecule has 3 unspecified atom stereocenters. The summed E-state index contributed by atoms with van der Waals surface area (Å²) in [5.41, 5.74) is 0.858. The van der Waals surface area contributed by atoms with E-state index in [0.29, 0.717) is 12.8 Å². The van der Waals surface area contributed by atoms with E-state index in [4.69, 9.17) is 0 Å². The van der Waals surface area contributed by atoms with Crippen molar-refractivity contribution in [1.29, 1.82) is 0 Å². The van der Waals surface area contributed by atoms with Crippen LogP contribution in [-0.4, -0.2) is 36.1 Å². The highest BCUT2D eigenvalue weighted by atomic mass is 32.2. The van der Waals surface area contributed by atoms with Gasteiger partial charge in [-0.2, -0.15) is 0 Å². The smallest absolute Gasteiger partial charge is 0.150 e. The van der Waals surface area contributed by atoms with E-state index in [0.717, 1.165) is 25.0 Å². The van der Waals surface area contributed by atoms with Crippen LogP contribution in [0, 0.1) is 5.92 Å². The fraction of sp³-hybridized carbons (Fsp3) is 0.643. The van der Waals surface area contributed by atoms with Crippen molar-refractivity contribution in [3.63, 3.8) is 0 Å². The van der Waals surface area contributed by atoms with Crippen LogP contribution in [0.2, 0.25) is 0 Å². The summed E-state index contributed by atoms with van der Waals surface area (Å²) < 4.78 is 23.2. The van der Waals surface area contributed by atoms with Crippen LogP contribution in [0.15, 0.2) is 24.4 Å². The van der Waals surface area contributed by atoms with E-state index < -0.39 is 15.9 Å². The van der Waals surface area contributed by atoms with Crippen LogP contribution in [0.4, 0.5) is 0 Å². The van der Waals surface area contributed by atoms with Crippen LogP contribution in [0.5, 0.6) is 0 Å². The Balaban J connectivity index is 1.98. The molecule has 0 aliphatic heterocycles. The number of rotatable bonds is 4. The minimum Gasteiger partial charge on any atom is -0.392 e. The van der Waals surface area contributed by atoms with E-state index >= 15 is 0 Å². The van der Waals surface area contributed by atoms with E-state index in [-0.39, 0.29) is 11.2 Å². The number of pyridine rings is 1. The fourth-order valence-corrected chi connectivity index (χ4v) is 4.01. The first kappa shape index (κ1) is 14.5. The molecular weight excluding hydrogens is 262 g/mol. The first-order chi connectivity index (χ1) is 8.97. The fourth-order valence-electron chi connectivity index (χ4n) is 2.82. The molecule has 1 fully saturated rings. The Labute approximate surface area is 114 Å². The van der Waals surface area contributed by atoms with Gasteiger partial charge in [-0.3, -0.25) is 4.98 Å². The molecule has 1 aromatic heterocycles. The third kappa shape index (κ3) is 4.01. The Bertz CT molecular complexity index is 501. The van der Waals surface area contributed by atoms with Gasteiger partial charge in [0.2, 0.25) is 0 Å². The first-order valence-corrected chi connectivity index (χ1v) is 8.69. The van der Waals surface area contributed by atoms with E-state index in [9.17, 15) is 13.5 Å². The Morgan fingerprint density at radius 3 is 2.84 bits per heavy atom. The van der Waals surface area contributed by atoms with Crippen molar-refractivity contribution in [3.8, 4) is 0 Å². The second-order valence-electron chi connectivity index (χ2n) is 5.47. The zero-order valence-corrected chi connectivity index (χ0v) is 12.0. The molecule has 0 amide bonds. The number of aliphatic hydroxyl groups is 1. The van der Waals surface area contributed by atoms with Gasteiger partial charge in [-0.15, -0.1) is 0 Å². The summed E-state index contributed by atoms with van der Waals surface area (Å²) in [7, 11) is -2.99. The van der Waals surface area contributed by atoms with Gasteiger partial charge in [-0.25, -0.2) is 8.42 Å². The highest BCUT2D eigenvalue weighted by Crippen LogP contribution is 2.31. The second-order valence-corrected chi connectivity index (χ2v) is 7.80. The van der Waals surface area contributed by atoms with E-state index in [1.165, 1.54) is 6.26 Å². The Morgan fingerprint density at radius 2 is 2.21 bits per heavy atom. The molecule has 1 aromatic rings. The van der Waals surface area contributed by atoms with Crippen LogP contribution in [0.3, 0.4) is 0 Å². The van der Waals surface area contributed by atoms with Crippen molar-refractivity contribution in [2.45, 2.75) is 43.5 Å². The van der Waals surface area contributed by atoms with Crippen molar-refractivity contribution in [2.75, 3.05) is 6.26 Å². The lowest BCUT2D eigenvalue weighted by Crippen LogP contribution is -2.34. The second kappa shape index (κ2) is 6.01. The van der Waals surface area contributed by atoms with Crippen molar-refractivity contribution in [3.05, 3.63) is 30.1 Å². The molecule has 1 aliphatic carbocycles. The van der Waals surface area contributed by atoms with Gasteiger partial charge in [0.15, 0.2) is 0 Å². The maximum absolute atomic E-state index is 11.6. The van der Waals surface area contributed by atoms with E-state index in [1.54, 1.807) is 6.20 Å². The third-order valence-electron chi connectivity index (χ3n) is 3.96. The maximum Gasteiger partial charge on any atom is 0.150 e. The number of nitrogens with zero attached hydrogens (tertiary/aromatic N) is 1. The van der Waals surface area contributed by atoms with Gasteiger partial charge < -0.3 is 5.11 Å². The first-order valence-electron chi connectivity index (χ1n) is 6.73. The monoisotopic (exact) mass is 283 g/mol.